The van der Waals surface area contributed by atoms with Gasteiger partial charge in [0.25, 0.3) is 0 Å². The lowest BCUT2D eigenvalue weighted by Gasteiger charge is -2.15. The maximum Gasteiger partial charge on any atom is 0.328 e. The van der Waals surface area contributed by atoms with Crippen LogP contribution in [-0.4, -0.2) is 36.3 Å². The van der Waals surface area contributed by atoms with Crippen LogP contribution in [0.3, 0.4) is 0 Å². The van der Waals surface area contributed by atoms with Crippen LogP contribution in [0.2, 0.25) is 0 Å². The third kappa shape index (κ3) is 2.93. The number of nitrogens with zero attached hydrogens (tertiary/aromatic N) is 5. The number of carboxylic acid groups (broad SMARTS) is 1. The molecule has 2 aromatic rings. The smallest absolute Gasteiger partial charge is 0.328 e. The minimum absolute atomic E-state index is 0.232. The first kappa shape index (κ1) is 13.1. The molecule has 0 radical (unpaired) electrons. The molecule has 100 valence electrons. The van der Waals surface area contributed by atoms with Crippen LogP contribution >= 0.6 is 0 Å². The minimum atomic E-state index is -0.934. The van der Waals surface area contributed by atoms with Gasteiger partial charge in [-0.2, -0.15) is 0 Å². The molecule has 2 rings (SSSR count). The van der Waals surface area contributed by atoms with Gasteiger partial charge in [-0.1, -0.05) is 13.8 Å². The lowest BCUT2D eigenvalue weighted by Crippen LogP contribution is -2.23. The van der Waals surface area contributed by atoms with Gasteiger partial charge in [-0.3, -0.25) is 4.98 Å². The van der Waals surface area contributed by atoms with Crippen LogP contribution in [-0.2, 0) is 4.79 Å². The van der Waals surface area contributed by atoms with Crippen molar-refractivity contribution in [3.05, 3.63) is 24.5 Å². The fraction of sp³-hybridized carbons (Fsp3) is 0.417. The van der Waals surface area contributed by atoms with Gasteiger partial charge in [0.2, 0.25) is 0 Å². The van der Waals surface area contributed by atoms with Crippen molar-refractivity contribution in [1.82, 2.24) is 25.2 Å². The standard InChI is InChI=1S/C12H15N5O2/c1-8(2)7-10(12(18)19)17-11(14-15-16-17)9-3-5-13-6-4-9/h3-6,8,10H,7H2,1-2H3,(H,18,19). The summed E-state index contributed by atoms with van der Waals surface area (Å²) in [4.78, 5) is 15.3. The van der Waals surface area contributed by atoms with Crippen molar-refractivity contribution in [3.8, 4) is 11.4 Å². The predicted molar refractivity (Wildman–Crippen MR) is 67.2 cm³/mol. The summed E-state index contributed by atoms with van der Waals surface area (Å²) in [5.74, 6) is -0.262. The largest absolute Gasteiger partial charge is 0.480 e. The number of aliphatic carboxylic acids is 1. The first-order valence-electron chi connectivity index (χ1n) is 6.00. The van der Waals surface area contributed by atoms with Gasteiger partial charge in [0.1, 0.15) is 0 Å². The second-order valence-corrected chi connectivity index (χ2v) is 4.67. The Labute approximate surface area is 110 Å². The number of carboxylic acids is 1. The topological polar surface area (TPSA) is 93.8 Å². The van der Waals surface area contributed by atoms with Gasteiger partial charge in [0.15, 0.2) is 11.9 Å². The van der Waals surface area contributed by atoms with Crippen LogP contribution in [0.1, 0.15) is 26.3 Å². The van der Waals surface area contributed by atoms with Crippen LogP contribution in [0.4, 0.5) is 0 Å². The molecular weight excluding hydrogens is 246 g/mol. The highest BCUT2D eigenvalue weighted by Gasteiger charge is 2.25. The molecule has 1 N–H and O–H groups in total. The van der Waals surface area contributed by atoms with Crippen molar-refractivity contribution in [1.29, 1.82) is 0 Å². The number of aromatic nitrogens is 5. The Kier molecular flexibility index (Phi) is 3.84. The second kappa shape index (κ2) is 5.55. The van der Waals surface area contributed by atoms with Gasteiger partial charge < -0.3 is 5.11 Å². The Morgan fingerprint density at radius 3 is 2.63 bits per heavy atom. The van der Waals surface area contributed by atoms with Crippen molar-refractivity contribution < 1.29 is 9.90 Å². The molecule has 2 aromatic heterocycles. The Morgan fingerprint density at radius 1 is 1.37 bits per heavy atom. The van der Waals surface area contributed by atoms with Crippen molar-refractivity contribution in [3.63, 3.8) is 0 Å². The highest BCUT2D eigenvalue weighted by Crippen LogP contribution is 2.23. The number of hydrogen-bond acceptors (Lipinski definition) is 5. The van der Waals surface area contributed by atoms with Gasteiger partial charge in [-0.05, 0) is 34.9 Å². The molecule has 0 spiro atoms. The van der Waals surface area contributed by atoms with Crippen LogP contribution in [0.5, 0.6) is 0 Å². The molecule has 0 aliphatic carbocycles. The van der Waals surface area contributed by atoms with Crippen LogP contribution in [0.15, 0.2) is 24.5 Å². The summed E-state index contributed by atoms with van der Waals surface area (Å²) in [7, 11) is 0. The van der Waals surface area contributed by atoms with Gasteiger partial charge in [-0.25, -0.2) is 9.48 Å². The molecule has 0 aromatic carbocycles. The molecule has 0 amide bonds. The molecule has 19 heavy (non-hydrogen) atoms. The molecular formula is C12H15N5O2. The highest BCUT2D eigenvalue weighted by molar-refractivity contribution is 5.72. The molecule has 7 nitrogen and oxygen atoms in total. The highest BCUT2D eigenvalue weighted by atomic mass is 16.4. The molecule has 0 saturated heterocycles. The zero-order valence-electron chi connectivity index (χ0n) is 10.8. The number of tetrazole rings is 1. The van der Waals surface area contributed by atoms with Gasteiger partial charge in [-0.15, -0.1) is 5.10 Å². The molecule has 0 aliphatic rings. The van der Waals surface area contributed by atoms with E-state index in [-0.39, 0.29) is 5.92 Å². The number of carbonyl (C=O) groups is 1. The zero-order chi connectivity index (χ0) is 13.8. The zero-order valence-corrected chi connectivity index (χ0v) is 10.8. The monoisotopic (exact) mass is 261 g/mol. The van der Waals surface area contributed by atoms with Crippen LogP contribution in [0, 0.1) is 5.92 Å². The number of hydrogen-bond donors (Lipinski definition) is 1. The third-order valence-electron chi connectivity index (χ3n) is 2.71. The number of rotatable bonds is 5. The van der Waals surface area contributed by atoms with E-state index in [1.54, 1.807) is 24.5 Å². The van der Waals surface area contributed by atoms with E-state index in [1.165, 1.54) is 4.68 Å². The van der Waals surface area contributed by atoms with E-state index in [0.717, 1.165) is 5.56 Å². The van der Waals surface area contributed by atoms with Gasteiger partial charge >= 0.3 is 5.97 Å². The maximum atomic E-state index is 11.4. The van der Waals surface area contributed by atoms with E-state index in [1.807, 2.05) is 13.8 Å². The molecule has 0 saturated carbocycles. The normalized spacial score (nSPS) is 12.6. The van der Waals surface area contributed by atoms with E-state index in [2.05, 4.69) is 20.5 Å². The lowest BCUT2D eigenvalue weighted by molar-refractivity contribution is -0.141. The van der Waals surface area contributed by atoms with Crippen molar-refractivity contribution in [2.75, 3.05) is 0 Å². The van der Waals surface area contributed by atoms with Gasteiger partial charge in [0.05, 0.1) is 0 Å². The van der Waals surface area contributed by atoms with E-state index in [9.17, 15) is 9.90 Å². The summed E-state index contributed by atoms with van der Waals surface area (Å²) >= 11 is 0. The maximum absolute atomic E-state index is 11.4. The van der Waals surface area contributed by atoms with Crippen molar-refractivity contribution >= 4 is 5.97 Å². The molecule has 2 heterocycles. The summed E-state index contributed by atoms with van der Waals surface area (Å²) in [6.45, 7) is 3.93. The molecule has 0 bridgehead atoms. The first-order chi connectivity index (χ1) is 9.09. The quantitative estimate of drug-likeness (QED) is 0.874. The Hall–Kier alpha value is -2.31. The first-order valence-corrected chi connectivity index (χ1v) is 6.00. The second-order valence-electron chi connectivity index (χ2n) is 4.67. The van der Waals surface area contributed by atoms with Crippen molar-refractivity contribution in [2.45, 2.75) is 26.3 Å². The van der Waals surface area contributed by atoms with Crippen molar-refractivity contribution in [2.24, 2.45) is 5.92 Å². The minimum Gasteiger partial charge on any atom is -0.480 e. The summed E-state index contributed by atoms with van der Waals surface area (Å²) in [5, 5.41) is 20.7. The van der Waals surface area contributed by atoms with E-state index in [0.29, 0.717) is 12.2 Å². The average Bonchev–Trinajstić information content (AvgIpc) is 2.85. The SMILES string of the molecule is CC(C)CC(C(=O)O)n1nnnc1-c1ccncc1. The fourth-order valence-corrected chi connectivity index (χ4v) is 1.85. The Morgan fingerprint density at radius 2 is 2.05 bits per heavy atom. The van der Waals surface area contributed by atoms with Crippen LogP contribution in [0.25, 0.3) is 11.4 Å². The molecule has 0 aliphatic heterocycles. The van der Waals surface area contributed by atoms with E-state index in [4.69, 9.17) is 0 Å². The summed E-state index contributed by atoms with van der Waals surface area (Å²) in [6.07, 6.45) is 3.71. The molecule has 0 fully saturated rings. The lowest BCUT2D eigenvalue weighted by atomic mass is 10.0. The summed E-state index contributed by atoms with van der Waals surface area (Å²) in [5.41, 5.74) is 0.745. The third-order valence-corrected chi connectivity index (χ3v) is 2.71. The Bertz CT molecular complexity index is 552. The predicted octanol–water partition coefficient (Wildman–Crippen LogP) is 1.41. The molecule has 1 unspecified atom stereocenters. The average molecular weight is 261 g/mol. The van der Waals surface area contributed by atoms with E-state index < -0.39 is 12.0 Å². The summed E-state index contributed by atoms with van der Waals surface area (Å²) in [6, 6.07) is 2.73. The molecule has 7 heteroatoms. The van der Waals surface area contributed by atoms with Crippen LogP contribution < -0.4 is 0 Å². The van der Waals surface area contributed by atoms with Gasteiger partial charge in [0, 0.05) is 18.0 Å². The summed E-state index contributed by atoms with van der Waals surface area (Å²) < 4.78 is 1.36. The fourth-order valence-electron chi connectivity index (χ4n) is 1.85. The molecule has 1 atom stereocenters. The van der Waals surface area contributed by atoms with E-state index >= 15 is 0 Å². The Balaban J connectivity index is 2.40. The number of pyridine rings is 1.